The quantitative estimate of drug-likeness (QED) is 0.819. The van der Waals surface area contributed by atoms with Gasteiger partial charge in [0.25, 0.3) is 0 Å². The number of nitrogens with zero attached hydrogens (tertiary/aromatic N) is 1. The molecule has 1 saturated carbocycles. The fourth-order valence-electron chi connectivity index (χ4n) is 3.49. The summed E-state index contributed by atoms with van der Waals surface area (Å²) < 4.78 is 12.1. The van der Waals surface area contributed by atoms with Crippen molar-refractivity contribution >= 4 is 21.7 Å². The van der Waals surface area contributed by atoms with Crippen LogP contribution < -0.4 is 4.74 Å². The first-order valence-electron chi connectivity index (χ1n) is 7.86. The Morgan fingerprint density at radius 3 is 3.05 bits per heavy atom. The standard InChI is InChI=1S/C17H22BrNO3/c1-21-13-5-6-15(18)12(9-13)10-19-7-8-22-11-16(19)14-3-2-4-17(14)20/h5-6,9,14,16H,2-4,7-8,10-11H2,1H3/t14-,16+/m0/s1. The monoisotopic (exact) mass is 367 g/mol. The van der Waals surface area contributed by atoms with Crippen molar-refractivity contribution in [3.8, 4) is 5.75 Å². The lowest BCUT2D eigenvalue weighted by Gasteiger charge is -2.38. The van der Waals surface area contributed by atoms with E-state index < -0.39 is 0 Å². The third-order valence-corrected chi connectivity index (χ3v) is 5.50. The van der Waals surface area contributed by atoms with Gasteiger partial charge in [-0.1, -0.05) is 15.9 Å². The topological polar surface area (TPSA) is 38.8 Å². The van der Waals surface area contributed by atoms with Gasteiger partial charge in [0, 0.05) is 35.9 Å². The minimum atomic E-state index is 0.143. The van der Waals surface area contributed by atoms with Gasteiger partial charge in [0.05, 0.1) is 20.3 Å². The molecule has 2 atom stereocenters. The lowest BCUT2D eigenvalue weighted by molar-refractivity contribution is -0.125. The number of morpholine rings is 1. The van der Waals surface area contributed by atoms with Gasteiger partial charge < -0.3 is 9.47 Å². The molecule has 1 saturated heterocycles. The summed E-state index contributed by atoms with van der Waals surface area (Å²) in [5, 5.41) is 0. The van der Waals surface area contributed by atoms with Gasteiger partial charge in [-0.25, -0.2) is 0 Å². The third-order valence-electron chi connectivity index (χ3n) is 4.72. The molecule has 2 aliphatic rings. The van der Waals surface area contributed by atoms with Crippen molar-refractivity contribution in [2.75, 3.05) is 26.9 Å². The smallest absolute Gasteiger partial charge is 0.137 e. The molecule has 1 heterocycles. The minimum Gasteiger partial charge on any atom is -0.497 e. The molecule has 0 N–H and O–H groups in total. The van der Waals surface area contributed by atoms with E-state index in [0.29, 0.717) is 12.4 Å². The van der Waals surface area contributed by atoms with Crippen molar-refractivity contribution in [1.29, 1.82) is 0 Å². The van der Waals surface area contributed by atoms with Crippen molar-refractivity contribution in [1.82, 2.24) is 4.90 Å². The van der Waals surface area contributed by atoms with Gasteiger partial charge in [-0.05, 0) is 36.6 Å². The number of ketones is 1. The number of rotatable bonds is 4. The van der Waals surface area contributed by atoms with Crippen molar-refractivity contribution < 1.29 is 14.3 Å². The molecule has 3 rings (SSSR count). The molecule has 5 heteroatoms. The Balaban J connectivity index is 1.78. The van der Waals surface area contributed by atoms with Crippen LogP contribution in [0.2, 0.25) is 0 Å². The largest absolute Gasteiger partial charge is 0.497 e. The number of carbonyl (C=O) groups excluding carboxylic acids is 1. The summed E-state index contributed by atoms with van der Waals surface area (Å²) in [6.07, 6.45) is 2.76. The fraction of sp³-hybridized carbons (Fsp3) is 0.588. The van der Waals surface area contributed by atoms with E-state index in [-0.39, 0.29) is 12.0 Å². The van der Waals surface area contributed by atoms with Crippen LogP contribution in [-0.4, -0.2) is 43.6 Å². The second-order valence-corrected chi connectivity index (χ2v) is 6.89. The normalized spacial score (nSPS) is 26.4. The number of halogens is 1. The van der Waals surface area contributed by atoms with Crippen LogP contribution in [-0.2, 0) is 16.1 Å². The van der Waals surface area contributed by atoms with Crippen molar-refractivity contribution in [2.24, 2.45) is 5.92 Å². The van der Waals surface area contributed by atoms with E-state index in [1.807, 2.05) is 12.1 Å². The van der Waals surface area contributed by atoms with Crippen molar-refractivity contribution in [3.63, 3.8) is 0 Å². The maximum Gasteiger partial charge on any atom is 0.137 e. The van der Waals surface area contributed by atoms with E-state index in [0.717, 1.165) is 49.2 Å². The highest BCUT2D eigenvalue weighted by atomic mass is 79.9. The molecule has 0 unspecified atom stereocenters. The van der Waals surface area contributed by atoms with Crippen LogP contribution in [0.15, 0.2) is 22.7 Å². The van der Waals surface area contributed by atoms with Gasteiger partial charge in [-0.15, -0.1) is 0 Å². The molecule has 4 nitrogen and oxygen atoms in total. The average molecular weight is 368 g/mol. The molecule has 22 heavy (non-hydrogen) atoms. The Morgan fingerprint density at radius 2 is 2.32 bits per heavy atom. The zero-order valence-electron chi connectivity index (χ0n) is 12.9. The Morgan fingerprint density at radius 1 is 1.45 bits per heavy atom. The predicted molar refractivity (Wildman–Crippen MR) is 88.1 cm³/mol. The molecule has 1 aliphatic carbocycles. The van der Waals surface area contributed by atoms with E-state index in [2.05, 4.69) is 26.9 Å². The molecule has 0 radical (unpaired) electrons. The van der Waals surface area contributed by atoms with E-state index in [9.17, 15) is 4.79 Å². The van der Waals surface area contributed by atoms with Gasteiger partial charge in [0.15, 0.2) is 0 Å². The highest BCUT2D eigenvalue weighted by molar-refractivity contribution is 9.10. The number of ether oxygens (including phenoxy) is 2. The molecule has 0 aromatic heterocycles. The second-order valence-electron chi connectivity index (χ2n) is 6.04. The maximum atomic E-state index is 12.1. The van der Waals surface area contributed by atoms with E-state index >= 15 is 0 Å². The first-order valence-corrected chi connectivity index (χ1v) is 8.65. The van der Waals surface area contributed by atoms with Gasteiger partial charge >= 0.3 is 0 Å². The molecule has 0 spiro atoms. The summed E-state index contributed by atoms with van der Waals surface area (Å²) in [6.45, 7) is 3.09. The summed E-state index contributed by atoms with van der Waals surface area (Å²) in [4.78, 5) is 14.5. The second kappa shape index (κ2) is 7.11. The molecular weight excluding hydrogens is 346 g/mol. The number of methoxy groups -OCH3 is 1. The molecular formula is C17H22BrNO3. The summed E-state index contributed by atoms with van der Waals surface area (Å²) in [5.41, 5.74) is 1.19. The van der Waals surface area contributed by atoms with E-state index in [1.165, 1.54) is 5.56 Å². The Bertz CT molecular complexity index is 549. The van der Waals surface area contributed by atoms with Crippen LogP contribution in [0.5, 0.6) is 5.75 Å². The van der Waals surface area contributed by atoms with Gasteiger partial charge in [0.2, 0.25) is 0 Å². The highest BCUT2D eigenvalue weighted by Crippen LogP contribution is 2.31. The van der Waals surface area contributed by atoms with Crippen LogP contribution in [0.4, 0.5) is 0 Å². The number of hydrogen-bond acceptors (Lipinski definition) is 4. The zero-order chi connectivity index (χ0) is 15.5. The summed E-state index contributed by atoms with van der Waals surface area (Å²) in [7, 11) is 1.68. The molecule has 1 aromatic carbocycles. The van der Waals surface area contributed by atoms with Crippen LogP contribution >= 0.6 is 15.9 Å². The Kier molecular flexibility index (Phi) is 5.16. The van der Waals surface area contributed by atoms with Gasteiger partial charge in [0.1, 0.15) is 11.5 Å². The third kappa shape index (κ3) is 3.36. The number of carbonyl (C=O) groups is 1. The molecule has 2 fully saturated rings. The molecule has 0 bridgehead atoms. The van der Waals surface area contributed by atoms with Crippen LogP contribution in [0, 0.1) is 5.92 Å². The van der Waals surface area contributed by atoms with Crippen molar-refractivity contribution in [2.45, 2.75) is 31.8 Å². The fourth-order valence-corrected chi connectivity index (χ4v) is 3.86. The Hall–Kier alpha value is -0.910. The van der Waals surface area contributed by atoms with Gasteiger partial charge in [-0.3, -0.25) is 9.69 Å². The molecule has 120 valence electrons. The lowest BCUT2D eigenvalue weighted by Crippen LogP contribution is -2.49. The van der Waals surface area contributed by atoms with E-state index in [1.54, 1.807) is 7.11 Å². The zero-order valence-corrected chi connectivity index (χ0v) is 14.5. The maximum absolute atomic E-state index is 12.1. The van der Waals surface area contributed by atoms with Crippen LogP contribution in [0.3, 0.4) is 0 Å². The minimum absolute atomic E-state index is 0.143. The summed E-state index contributed by atoms with van der Waals surface area (Å²) in [5.74, 6) is 1.41. The highest BCUT2D eigenvalue weighted by Gasteiger charge is 2.37. The lowest BCUT2D eigenvalue weighted by atomic mass is 9.95. The average Bonchev–Trinajstić information content (AvgIpc) is 2.96. The van der Waals surface area contributed by atoms with Crippen LogP contribution in [0.25, 0.3) is 0 Å². The first-order chi connectivity index (χ1) is 10.7. The number of hydrogen-bond donors (Lipinski definition) is 0. The summed E-state index contributed by atoms with van der Waals surface area (Å²) >= 11 is 3.62. The Labute approximate surface area is 139 Å². The predicted octanol–water partition coefficient (Wildman–Crippen LogP) is 3.03. The van der Waals surface area contributed by atoms with Gasteiger partial charge in [-0.2, -0.15) is 0 Å². The van der Waals surface area contributed by atoms with E-state index in [4.69, 9.17) is 9.47 Å². The SMILES string of the molecule is COc1ccc(Br)c(CN2CCOC[C@@H]2[C@@H]2CCCC2=O)c1. The number of benzene rings is 1. The first kappa shape index (κ1) is 16.0. The van der Waals surface area contributed by atoms with Crippen molar-refractivity contribution in [3.05, 3.63) is 28.2 Å². The molecule has 0 amide bonds. The summed E-state index contributed by atoms with van der Waals surface area (Å²) in [6, 6.07) is 6.24. The molecule has 1 aromatic rings. The molecule has 1 aliphatic heterocycles. The number of Topliss-reactive ketones (excluding diaryl/α,β-unsaturated/α-hetero) is 1. The van der Waals surface area contributed by atoms with Crippen LogP contribution in [0.1, 0.15) is 24.8 Å².